The third kappa shape index (κ3) is 6.12. The third-order valence-electron chi connectivity index (χ3n) is 7.59. The molecule has 2 N–H and O–H groups in total. The number of para-hydroxylation sites is 1. The summed E-state index contributed by atoms with van der Waals surface area (Å²) in [7, 11) is 0. The Morgan fingerprint density at radius 3 is 2.43 bits per heavy atom. The Hall–Kier alpha value is -3.97. The second-order valence-electron chi connectivity index (χ2n) is 10.6. The quantitative estimate of drug-likeness (QED) is 0.313. The minimum atomic E-state index is -4.94. The van der Waals surface area contributed by atoms with E-state index in [2.05, 4.69) is 34.3 Å². The first-order valence-electron chi connectivity index (χ1n) is 13.4. The summed E-state index contributed by atoms with van der Waals surface area (Å²) < 4.78 is 42.5. The van der Waals surface area contributed by atoms with Crippen LogP contribution in [0.2, 0.25) is 5.02 Å². The number of aromatic nitrogens is 6. The van der Waals surface area contributed by atoms with Crippen LogP contribution in [0.5, 0.6) is 0 Å². The van der Waals surface area contributed by atoms with E-state index < -0.39 is 24.5 Å². The average Bonchev–Trinajstić information content (AvgIpc) is 3.63. The monoisotopic (exact) mass is 603 g/mol. The lowest BCUT2D eigenvalue weighted by atomic mass is 10.00. The van der Waals surface area contributed by atoms with Crippen molar-refractivity contribution >= 4 is 17.5 Å². The van der Waals surface area contributed by atoms with E-state index in [0.29, 0.717) is 33.7 Å². The van der Waals surface area contributed by atoms with E-state index in [-0.39, 0.29) is 30.1 Å². The molecule has 1 amide bonds. The van der Waals surface area contributed by atoms with E-state index in [1.807, 2.05) is 0 Å². The molecule has 0 bridgehead atoms. The molecule has 2 aromatic heterocycles. The summed E-state index contributed by atoms with van der Waals surface area (Å²) in [6, 6.07) is 13.0. The largest absolute Gasteiger partial charge is 0.416 e. The van der Waals surface area contributed by atoms with E-state index in [9.17, 15) is 27.9 Å². The Morgan fingerprint density at radius 2 is 1.76 bits per heavy atom. The fourth-order valence-corrected chi connectivity index (χ4v) is 5.37. The van der Waals surface area contributed by atoms with Crippen molar-refractivity contribution in [3.63, 3.8) is 0 Å². The Bertz CT molecular complexity index is 1620. The molecule has 14 heteroatoms. The highest BCUT2D eigenvalue weighted by molar-refractivity contribution is 6.30. The van der Waals surface area contributed by atoms with Crippen LogP contribution in [0.1, 0.15) is 42.9 Å². The van der Waals surface area contributed by atoms with E-state index in [4.69, 9.17) is 11.6 Å². The van der Waals surface area contributed by atoms with Gasteiger partial charge in [-0.1, -0.05) is 37.6 Å². The second-order valence-corrected chi connectivity index (χ2v) is 11.0. The van der Waals surface area contributed by atoms with Gasteiger partial charge in [-0.25, -0.2) is 19.1 Å². The zero-order valence-electron chi connectivity index (χ0n) is 22.8. The lowest BCUT2D eigenvalue weighted by molar-refractivity contribution is -0.207. The normalized spacial score (nSPS) is 19.6. The fraction of sp³-hybridized carbons (Fsp3) is 0.393. The minimum absolute atomic E-state index is 0.0598. The molecule has 4 aromatic rings. The highest BCUT2D eigenvalue weighted by atomic mass is 35.5. The second kappa shape index (κ2) is 11.7. The fourth-order valence-electron chi connectivity index (χ4n) is 5.24. The molecule has 0 spiro atoms. The number of halogens is 4. The smallest absolute Gasteiger partial charge is 0.382 e. The average molecular weight is 604 g/mol. The van der Waals surface area contributed by atoms with Crippen LogP contribution in [0.25, 0.3) is 17.1 Å². The maximum absolute atomic E-state index is 13.2. The molecule has 2 aromatic carbocycles. The highest BCUT2D eigenvalue weighted by Crippen LogP contribution is 2.31. The molecular weight excluding hydrogens is 575 g/mol. The van der Waals surface area contributed by atoms with Crippen LogP contribution in [-0.2, 0) is 13.1 Å². The number of hydrogen-bond acceptors (Lipinski definition) is 6. The molecule has 3 atom stereocenters. The van der Waals surface area contributed by atoms with Crippen LogP contribution < -0.4 is 11.0 Å². The predicted octanol–water partition coefficient (Wildman–Crippen LogP) is 4.08. The molecule has 222 valence electrons. The van der Waals surface area contributed by atoms with Gasteiger partial charge in [-0.3, -0.25) is 9.36 Å². The number of aliphatic hydroxyl groups excluding tert-OH is 1. The van der Waals surface area contributed by atoms with Crippen molar-refractivity contribution in [3.05, 3.63) is 81.8 Å². The van der Waals surface area contributed by atoms with Gasteiger partial charge in [0, 0.05) is 16.6 Å². The molecule has 0 radical (unpaired) electrons. The summed E-state index contributed by atoms with van der Waals surface area (Å²) in [6.07, 6.45) is -4.24. The van der Waals surface area contributed by atoms with Gasteiger partial charge in [-0.15, -0.1) is 10.2 Å². The van der Waals surface area contributed by atoms with E-state index in [1.165, 1.54) is 35.3 Å². The standard InChI is InChI=1S/C28H29ClF3N7O3/c1-16-7-8-17(2)24(16)34-26(41)20-5-3-4-6-21(20)39-15-33-23(35-39)14-38-27(42)37(13-22(40)28(30,31)32)25(36-38)18-9-11-19(29)12-10-18/h3-6,9-12,15-17,22,24,40H,7-8,13-14H2,1-2H3,(H,34,41). The minimum Gasteiger partial charge on any atom is -0.382 e. The Labute approximate surface area is 243 Å². The molecule has 2 heterocycles. The Morgan fingerprint density at radius 1 is 1.10 bits per heavy atom. The first-order chi connectivity index (χ1) is 19.9. The molecule has 3 unspecified atom stereocenters. The first-order valence-corrected chi connectivity index (χ1v) is 13.8. The number of nitrogens with one attached hydrogen (secondary N) is 1. The molecule has 0 saturated heterocycles. The molecule has 5 rings (SSSR count). The van der Waals surface area contributed by atoms with Gasteiger partial charge in [0.2, 0.25) is 0 Å². The molecule has 1 saturated carbocycles. The van der Waals surface area contributed by atoms with E-state index >= 15 is 0 Å². The maximum Gasteiger partial charge on any atom is 0.416 e. The van der Waals surface area contributed by atoms with Gasteiger partial charge in [0.1, 0.15) is 12.9 Å². The topological polar surface area (TPSA) is 120 Å². The molecule has 0 aliphatic heterocycles. The zero-order valence-corrected chi connectivity index (χ0v) is 23.5. The number of amides is 1. The number of carbonyl (C=O) groups is 1. The molecule has 1 aliphatic rings. The van der Waals surface area contributed by atoms with Crippen LogP contribution in [0.3, 0.4) is 0 Å². The predicted molar refractivity (Wildman–Crippen MR) is 148 cm³/mol. The van der Waals surface area contributed by atoms with Gasteiger partial charge in [0.25, 0.3) is 5.91 Å². The number of carbonyl (C=O) groups excluding carboxylic acids is 1. The van der Waals surface area contributed by atoms with Crippen molar-refractivity contribution in [2.75, 3.05) is 0 Å². The Balaban J connectivity index is 1.43. The molecule has 10 nitrogen and oxygen atoms in total. The van der Waals surface area contributed by atoms with Crippen LogP contribution >= 0.6 is 11.6 Å². The van der Waals surface area contributed by atoms with Gasteiger partial charge in [0.05, 0.1) is 17.8 Å². The van der Waals surface area contributed by atoms with Crippen molar-refractivity contribution in [1.29, 1.82) is 0 Å². The number of alkyl halides is 3. The Kier molecular flexibility index (Phi) is 8.24. The lowest BCUT2D eigenvalue weighted by Crippen LogP contribution is -2.40. The van der Waals surface area contributed by atoms with Gasteiger partial charge >= 0.3 is 11.9 Å². The number of hydrogen-bond donors (Lipinski definition) is 2. The zero-order chi connectivity index (χ0) is 30.2. The van der Waals surface area contributed by atoms with E-state index in [0.717, 1.165) is 22.1 Å². The number of nitrogens with zero attached hydrogens (tertiary/aromatic N) is 6. The summed E-state index contributed by atoms with van der Waals surface area (Å²) in [6.45, 7) is 2.92. The molecule has 1 aliphatic carbocycles. The molecule has 42 heavy (non-hydrogen) atoms. The summed E-state index contributed by atoms with van der Waals surface area (Å²) in [5.74, 6) is 0.536. The molecular formula is C28H29ClF3N7O3. The van der Waals surface area contributed by atoms with Crippen molar-refractivity contribution in [1.82, 2.24) is 34.4 Å². The number of aliphatic hydroxyl groups is 1. The van der Waals surface area contributed by atoms with Crippen LogP contribution in [-0.4, -0.2) is 58.4 Å². The summed E-state index contributed by atoms with van der Waals surface area (Å²) in [5, 5.41) is 21.9. The van der Waals surface area contributed by atoms with Crippen LogP contribution in [0.15, 0.2) is 59.7 Å². The summed E-state index contributed by atoms with van der Waals surface area (Å²) in [4.78, 5) is 30.7. The third-order valence-corrected chi connectivity index (χ3v) is 7.84. The maximum atomic E-state index is 13.2. The van der Waals surface area contributed by atoms with Gasteiger partial charge in [-0.05, 0) is 61.1 Å². The van der Waals surface area contributed by atoms with Crippen molar-refractivity contribution < 1.29 is 23.1 Å². The first kappa shape index (κ1) is 29.5. The van der Waals surface area contributed by atoms with Crippen LogP contribution in [0.4, 0.5) is 13.2 Å². The van der Waals surface area contributed by atoms with Crippen molar-refractivity contribution in [2.24, 2.45) is 11.8 Å². The van der Waals surface area contributed by atoms with Crippen molar-refractivity contribution in [2.45, 2.75) is 58.1 Å². The summed E-state index contributed by atoms with van der Waals surface area (Å²) >= 11 is 5.94. The van der Waals surface area contributed by atoms with Gasteiger partial charge < -0.3 is 10.4 Å². The lowest BCUT2D eigenvalue weighted by Gasteiger charge is -2.22. The molecule has 1 fully saturated rings. The number of benzene rings is 2. The van der Waals surface area contributed by atoms with E-state index in [1.54, 1.807) is 24.3 Å². The van der Waals surface area contributed by atoms with Gasteiger partial charge in [-0.2, -0.15) is 13.2 Å². The van der Waals surface area contributed by atoms with Gasteiger partial charge in [0.15, 0.2) is 17.8 Å². The van der Waals surface area contributed by atoms with Crippen molar-refractivity contribution in [3.8, 4) is 17.1 Å². The highest BCUT2D eigenvalue weighted by Gasteiger charge is 2.39. The van der Waals surface area contributed by atoms with Crippen LogP contribution in [0, 0.1) is 11.8 Å². The summed E-state index contributed by atoms with van der Waals surface area (Å²) in [5.41, 5.74) is 0.307. The number of rotatable bonds is 8. The SMILES string of the molecule is CC1CCC(C)C1NC(=O)c1ccccc1-n1cnc(Cn2nc(-c3ccc(Cl)cc3)n(CC(O)C(F)(F)F)c2=O)n1.